The van der Waals surface area contributed by atoms with Crippen molar-refractivity contribution in [2.45, 2.75) is 26.4 Å². The Hall–Kier alpha value is -3.25. The summed E-state index contributed by atoms with van der Waals surface area (Å²) in [6, 6.07) is 21.4. The van der Waals surface area contributed by atoms with E-state index in [4.69, 9.17) is 4.74 Å². The number of hydrogen-bond donors (Lipinski definition) is 0. The van der Waals surface area contributed by atoms with Crippen molar-refractivity contribution in [3.8, 4) is 5.75 Å². The first-order valence-corrected chi connectivity index (χ1v) is 11.2. The maximum atomic E-state index is 14.0. The zero-order valence-electron chi connectivity index (χ0n) is 17.6. The first-order valence-electron chi connectivity index (χ1n) is 10.4. The summed E-state index contributed by atoms with van der Waals surface area (Å²) in [5.74, 6) is 0.0665. The van der Waals surface area contributed by atoms with E-state index in [9.17, 15) is 9.18 Å². The second kappa shape index (κ2) is 9.92. The van der Waals surface area contributed by atoms with Crippen LogP contribution in [0.3, 0.4) is 0 Å². The first kappa shape index (κ1) is 22.0. The average Bonchev–Trinajstić information content (AvgIpc) is 3.10. The van der Waals surface area contributed by atoms with Crippen LogP contribution in [0.5, 0.6) is 5.75 Å². The van der Waals surface area contributed by atoms with Gasteiger partial charge in [0.05, 0.1) is 17.0 Å². The Labute approximate surface area is 195 Å². The summed E-state index contributed by atoms with van der Waals surface area (Å²) in [6.07, 6.45) is 3.35. The Balaban J connectivity index is 1.67. The van der Waals surface area contributed by atoms with Crippen molar-refractivity contribution < 1.29 is 13.9 Å². The molecule has 0 spiro atoms. The third-order valence-corrected chi connectivity index (χ3v) is 5.55. The average molecular weight is 493 g/mol. The summed E-state index contributed by atoms with van der Waals surface area (Å²) in [6.45, 7) is 2.14. The second-order valence-electron chi connectivity index (χ2n) is 7.37. The van der Waals surface area contributed by atoms with Crippen LogP contribution >= 0.6 is 15.9 Å². The normalized spacial score (nSPS) is 14.7. The molecule has 0 aliphatic carbocycles. The van der Waals surface area contributed by atoms with Gasteiger partial charge in [0.15, 0.2) is 0 Å². The predicted molar refractivity (Wildman–Crippen MR) is 129 cm³/mol. The van der Waals surface area contributed by atoms with Crippen molar-refractivity contribution in [1.82, 2.24) is 0 Å². The summed E-state index contributed by atoms with van der Waals surface area (Å²) in [5.41, 5.74) is 3.18. The van der Waals surface area contributed by atoms with Crippen LogP contribution in [0.2, 0.25) is 0 Å². The number of halogens is 2. The summed E-state index contributed by atoms with van der Waals surface area (Å²) >= 11 is 3.49. The van der Waals surface area contributed by atoms with Crippen molar-refractivity contribution in [3.63, 3.8) is 0 Å². The highest BCUT2D eigenvalue weighted by molar-refractivity contribution is 9.10. The fourth-order valence-electron chi connectivity index (χ4n) is 3.46. The van der Waals surface area contributed by atoms with Crippen molar-refractivity contribution in [2.75, 3.05) is 5.01 Å². The molecule has 1 heterocycles. The lowest BCUT2D eigenvalue weighted by Gasteiger charge is -2.12. The van der Waals surface area contributed by atoms with Gasteiger partial charge in [-0.15, -0.1) is 0 Å². The molecule has 4 nitrogen and oxygen atoms in total. The Bertz CT molecular complexity index is 1190. The van der Waals surface area contributed by atoms with E-state index in [1.807, 2.05) is 48.5 Å². The number of amides is 1. The lowest BCUT2D eigenvalue weighted by Crippen LogP contribution is -2.21. The summed E-state index contributed by atoms with van der Waals surface area (Å²) < 4.78 is 20.8. The van der Waals surface area contributed by atoms with Gasteiger partial charge in [-0.1, -0.05) is 65.7 Å². The third kappa shape index (κ3) is 4.81. The van der Waals surface area contributed by atoms with E-state index >= 15 is 0 Å². The zero-order valence-corrected chi connectivity index (χ0v) is 19.2. The van der Waals surface area contributed by atoms with Gasteiger partial charge < -0.3 is 4.74 Å². The zero-order chi connectivity index (χ0) is 22.5. The minimum Gasteiger partial charge on any atom is -0.488 e. The van der Waals surface area contributed by atoms with E-state index in [0.29, 0.717) is 23.3 Å². The SMILES string of the molecule is CCCC1=NN(c2ccccc2)C(=O)/C1=C\c1cc(Br)ccc1OCc1ccccc1F. The van der Waals surface area contributed by atoms with E-state index < -0.39 is 0 Å². The maximum absolute atomic E-state index is 14.0. The van der Waals surface area contributed by atoms with E-state index in [-0.39, 0.29) is 18.3 Å². The Morgan fingerprint density at radius 1 is 1.06 bits per heavy atom. The van der Waals surface area contributed by atoms with Gasteiger partial charge in [0, 0.05) is 15.6 Å². The van der Waals surface area contributed by atoms with Crippen molar-refractivity contribution >= 4 is 39.3 Å². The smallest absolute Gasteiger partial charge is 0.280 e. The molecule has 0 fully saturated rings. The number of para-hydroxylation sites is 1. The molecular weight excluding hydrogens is 471 g/mol. The van der Waals surface area contributed by atoms with Gasteiger partial charge in [-0.25, -0.2) is 4.39 Å². The first-order chi connectivity index (χ1) is 15.6. The lowest BCUT2D eigenvalue weighted by atomic mass is 10.0. The molecule has 0 saturated heterocycles. The van der Waals surface area contributed by atoms with Gasteiger partial charge in [0.1, 0.15) is 18.2 Å². The molecule has 32 heavy (non-hydrogen) atoms. The number of carbonyl (C=O) groups excluding carboxylic acids is 1. The van der Waals surface area contributed by atoms with Gasteiger partial charge in [0.2, 0.25) is 0 Å². The third-order valence-electron chi connectivity index (χ3n) is 5.05. The number of anilines is 1. The number of nitrogens with zero attached hydrogens (tertiary/aromatic N) is 2. The Morgan fingerprint density at radius 2 is 1.81 bits per heavy atom. The van der Waals surface area contributed by atoms with E-state index in [1.165, 1.54) is 11.1 Å². The molecule has 0 N–H and O–H groups in total. The number of ether oxygens (including phenoxy) is 1. The Kier molecular flexibility index (Phi) is 6.81. The van der Waals surface area contributed by atoms with Crippen molar-refractivity contribution in [2.24, 2.45) is 5.10 Å². The van der Waals surface area contributed by atoms with Crippen LogP contribution in [0.1, 0.15) is 30.9 Å². The van der Waals surface area contributed by atoms with Crippen LogP contribution in [0.4, 0.5) is 10.1 Å². The van der Waals surface area contributed by atoms with Crippen LogP contribution in [-0.4, -0.2) is 11.6 Å². The molecule has 1 amide bonds. The summed E-state index contributed by atoms with van der Waals surface area (Å²) in [7, 11) is 0. The highest BCUT2D eigenvalue weighted by Gasteiger charge is 2.30. The number of carbonyl (C=O) groups is 1. The number of hydrazone groups is 1. The van der Waals surface area contributed by atoms with Crippen molar-refractivity contribution in [1.29, 1.82) is 0 Å². The molecular formula is C26H22BrFN2O2. The van der Waals surface area contributed by atoms with Gasteiger partial charge in [-0.05, 0) is 48.9 Å². The van der Waals surface area contributed by atoms with Gasteiger partial charge in [-0.2, -0.15) is 10.1 Å². The van der Waals surface area contributed by atoms with Crippen LogP contribution in [0.25, 0.3) is 6.08 Å². The largest absolute Gasteiger partial charge is 0.488 e. The molecule has 6 heteroatoms. The molecule has 0 aromatic heterocycles. The molecule has 1 aliphatic heterocycles. The second-order valence-corrected chi connectivity index (χ2v) is 8.29. The topological polar surface area (TPSA) is 41.9 Å². The van der Waals surface area contributed by atoms with Gasteiger partial charge in [-0.3, -0.25) is 4.79 Å². The molecule has 0 saturated carbocycles. The van der Waals surface area contributed by atoms with E-state index in [1.54, 1.807) is 24.3 Å². The van der Waals surface area contributed by atoms with Crippen LogP contribution < -0.4 is 9.75 Å². The van der Waals surface area contributed by atoms with Crippen LogP contribution in [-0.2, 0) is 11.4 Å². The molecule has 0 unspecified atom stereocenters. The summed E-state index contributed by atoms with van der Waals surface area (Å²) in [5, 5.41) is 6.03. The number of benzene rings is 3. The van der Waals surface area contributed by atoms with E-state index in [0.717, 1.165) is 27.9 Å². The lowest BCUT2D eigenvalue weighted by molar-refractivity contribution is -0.114. The fourth-order valence-corrected chi connectivity index (χ4v) is 3.84. The minimum atomic E-state index is -0.314. The predicted octanol–water partition coefficient (Wildman–Crippen LogP) is 6.75. The monoisotopic (exact) mass is 492 g/mol. The summed E-state index contributed by atoms with van der Waals surface area (Å²) in [4.78, 5) is 13.3. The van der Waals surface area contributed by atoms with Crippen LogP contribution in [0, 0.1) is 5.82 Å². The standard InChI is InChI=1S/C26H22BrFN2O2/c1-2-8-24-22(26(31)30(29-24)21-10-4-3-5-11-21)16-19-15-20(27)13-14-25(19)32-17-18-9-6-7-12-23(18)28/h3-7,9-16H,2,8,17H2,1H3/b22-16-. The highest BCUT2D eigenvalue weighted by Crippen LogP contribution is 2.31. The molecule has 0 atom stereocenters. The van der Waals surface area contributed by atoms with Gasteiger partial charge in [0.25, 0.3) is 5.91 Å². The van der Waals surface area contributed by atoms with Crippen LogP contribution in [0.15, 0.2) is 87.9 Å². The molecule has 3 aromatic rings. The van der Waals surface area contributed by atoms with E-state index in [2.05, 4.69) is 28.0 Å². The number of rotatable bonds is 7. The molecule has 0 radical (unpaired) electrons. The molecule has 4 rings (SSSR count). The Morgan fingerprint density at radius 3 is 2.56 bits per heavy atom. The molecule has 3 aromatic carbocycles. The highest BCUT2D eigenvalue weighted by atomic mass is 79.9. The fraction of sp³-hybridized carbons (Fsp3) is 0.154. The molecule has 1 aliphatic rings. The van der Waals surface area contributed by atoms with Gasteiger partial charge >= 0.3 is 0 Å². The molecule has 0 bridgehead atoms. The number of hydrogen-bond acceptors (Lipinski definition) is 3. The van der Waals surface area contributed by atoms with Crippen molar-refractivity contribution in [3.05, 3.63) is 99.8 Å². The quantitative estimate of drug-likeness (QED) is 0.342. The maximum Gasteiger partial charge on any atom is 0.280 e. The molecule has 162 valence electrons. The minimum absolute atomic E-state index is 0.0878.